The van der Waals surface area contributed by atoms with Crippen LogP contribution in [-0.2, 0) is 0 Å². The summed E-state index contributed by atoms with van der Waals surface area (Å²) in [7, 11) is 1.71. The van der Waals surface area contributed by atoms with Gasteiger partial charge < -0.3 is 15.4 Å². The van der Waals surface area contributed by atoms with Crippen molar-refractivity contribution < 1.29 is 22.7 Å². The topological polar surface area (TPSA) is 81.3 Å². The zero-order chi connectivity index (χ0) is 20.3. The number of nitrogens with two attached hydrogens (primary N) is 1. The number of aromatic nitrogens is 2. The summed E-state index contributed by atoms with van der Waals surface area (Å²) < 4.78 is 40.7. The number of halogens is 3. The van der Waals surface area contributed by atoms with Crippen molar-refractivity contribution in [3.63, 3.8) is 0 Å². The fourth-order valence-corrected chi connectivity index (χ4v) is 2.52. The average Bonchev–Trinajstić information content (AvgIpc) is 2.67. The summed E-state index contributed by atoms with van der Waals surface area (Å²) in [6.07, 6.45) is -3.38. The highest BCUT2D eigenvalue weighted by atomic mass is 19.4. The van der Waals surface area contributed by atoms with Gasteiger partial charge in [-0.2, -0.15) is 0 Å². The Labute approximate surface area is 158 Å². The van der Waals surface area contributed by atoms with Crippen molar-refractivity contribution >= 4 is 17.4 Å². The predicted molar refractivity (Wildman–Crippen MR) is 97.2 cm³/mol. The Hall–Kier alpha value is -3.62. The first-order chi connectivity index (χ1) is 13.2. The maximum Gasteiger partial charge on any atom is 0.573 e. The number of ether oxygens (including phenoxy) is 1. The number of alkyl halides is 3. The van der Waals surface area contributed by atoms with Gasteiger partial charge in [-0.05, 0) is 36.4 Å². The van der Waals surface area contributed by atoms with E-state index in [1.54, 1.807) is 42.3 Å². The van der Waals surface area contributed by atoms with Crippen molar-refractivity contribution in [2.24, 2.45) is 5.73 Å². The van der Waals surface area contributed by atoms with Crippen LogP contribution in [0.1, 0.15) is 10.4 Å². The third kappa shape index (κ3) is 4.56. The Morgan fingerprint density at radius 3 is 2.43 bits per heavy atom. The van der Waals surface area contributed by atoms with Crippen molar-refractivity contribution in [2.75, 3.05) is 11.9 Å². The monoisotopic (exact) mass is 388 g/mol. The molecule has 0 fully saturated rings. The van der Waals surface area contributed by atoms with Crippen molar-refractivity contribution in [1.29, 1.82) is 0 Å². The molecule has 0 aliphatic carbocycles. The number of carbonyl (C=O) groups is 1. The maximum absolute atomic E-state index is 12.3. The Morgan fingerprint density at radius 2 is 1.79 bits per heavy atom. The van der Waals surface area contributed by atoms with Gasteiger partial charge in [0, 0.05) is 29.9 Å². The van der Waals surface area contributed by atoms with E-state index in [1.807, 2.05) is 0 Å². The lowest BCUT2D eigenvalue weighted by Crippen LogP contribution is -2.17. The van der Waals surface area contributed by atoms with Crippen LogP contribution in [-0.4, -0.2) is 29.3 Å². The Balaban J connectivity index is 1.85. The Morgan fingerprint density at radius 1 is 1.07 bits per heavy atom. The van der Waals surface area contributed by atoms with Gasteiger partial charge in [-0.25, -0.2) is 9.97 Å². The van der Waals surface area contributed by atoms with E-state index in [-0.39, 0.29) is 5.75 Å². The summed E-state index contributed by atoms with van der Waals surface area (Å²) in [6, 6.07) is 13.8. The van der Waals surface area contributed by atoms with Gasteiger partial charge in [-0.1, -0.05) is 12.1 Å². The molecule has 0 atom stereocenters. The molecule has 0 saturated heterocycles. The highest BCUT2D eigenvalue weighted by Gasteiger charge is 2.31. The van der Waals surface area contributed by atoms with Gasteiger partial charge in [-0.3, -0.25) is 4.79 Å². The van der Waals surface area contributed by atoms with Crippen molar-refractivity contribution in [3.05, 3.63) is 66.5 Å². The first kappa shape index (κ1) is 19.2. The van der Waals surface area contributed by atoms with Gasteiger partial charge in [-0.15, -0.1) is 13.2 Å². The number of primary amides is 1. The molecule has 1 aromatic heterocycles. The first-order valence-electron chi connectivity index (χ1n) is 8.05. The molecule has 0 aliphatic heterocycles. The van der Waals surface area contributed by atoms with E-state index >= 15 is 0 Å². The van der Waals surface area contributed by atoms with E-state index in [9.17, 15) is 18.0 Å². The number of benzene rings is 2. The number of nitrogens with zero attached hydrogens (tertiary/aromatic N) is 3. The average molecular weight is 388 g/mol. The molecule has 1 heterocycles. The number of amides is 1. The summed E-state index contributed by atoms with van der Waals surface area (Å²) >= 11 is 0. The van der Waals surface area contributed by atoms with E-state index < -0.39 is 12.3 Å². The van der Waals surface area contributed by atoms with Crippen LogP contribution in [0.5, 0.6) is 5.75 Å². The van der Waals surface area contributed by atoms with E-state index in [0.717, 1.165) is 0 Å². The Bertz CT molecular complexity index is 991. The van der Waals surface area contributed by atoms with Gasteiger partial charge in [0.15, 0.2) is 0 Å². The van der Waals surface area contributed by atoms with Crippen LogP contribution in [0.15, 0.2) is 60.9 Å². The minimum atomic E-state index is -4.74. The van der Waals surface area contributed by atoms with Crippen LogP contribution in [0.25, 0.3) is 11.3 Å². The second-order valence-corrected chi connectivity index (χ2v) is 5.81. The summed E-state index contributed by atoms with van der Waals surface area (Å²) in [5.41, 5.74) is 7.51. The fourth-order valence-electron chi connectivity index (χ4n) is 2.52. The molecule has 0 spiro atoms. The molecule has 28 heavy (non-hydrogen) atoms. The van der Waals surface area contributed by atoms with Gasteiger partial charge in [0.1, 0.15) is 17.9 Å². The van der Waals surface area contributed by atoms with Crippen LogP contribution in [0.2, 0.25) is 0 Å². The number of carbonyl (C=O) groups excluding carboxylic acids is 1. The highest BCUT2D eigenvalue weighted by molar-refractivity contribution is 5.94. The minimum Gasteiger partial charge on any atom is -0.406 e. The van der Waals surface area contributed by atoms with Crippen LogP contribution in [0.3, 0.4) is 0 Å². The van der Waals surface area contributed by atoms with Crippen molar-refractivity contribution in [2.45, 2.75) is 6.36 Å². The van der Waals surface area contributed by atoms with Crippen LogP contribution < -0.4 is 15.4 Å². The molecule has 0 bridgehead atoms. The second-order valence-electron chi connectivity index (χ2n) is 5.81. The second kappa shape index (κ2) is 7.55. The molecular weight excluding hydrogens is 373 g/mol. The Kier molecular flexibility index (Phi) is 5.16. The predicted octanol–water partition coefficient (Wildman–Crippen LogP) is 3.91. The maximum atomic E-state index is 12.3. The van der Waals surface area contributed by atoms with Gasteiger partial charge in [0.25, 0.3) is 0 Å². The lowest BCUT2D eigenvalue weighted by Gasteiger charge is -2.19. The third-order valence-electron chi connectivity index (χ3n) is 3.90. The minimum absolute atomic E-state index is 0.309. The largest absolute Gasteiger partial charge is 0.573 e. The molecule has 0 aliphatic rings. The van der Waals surface area contributed by atoms with Crippen molar-refractivity contribution in [1.82, 2.24) is 9.97 Å². The number of hydrogen-bond donors (Lipinski definition) is 1. The van der Waals surface area contributed by atoms with Gasteiger partial charge in [0.05, 0.1) is 5.69 Å². The molecule has 0 radical (unpaired) electrons. The van der Waals surface area contributed by atoms with Crippen LogP contribution >= 0.6 is 0 Å². The highest BCUT2D eigenvalue weighted by Crippen LogP contribution is 2.29. The molecule has 3 rings (SSSR count). The zero-order valence-electron chi connectivity index (χ0n) is 14.6. The quantitative estimate of drug-likeness (QED) is 0.717. The molecule has 9 heteroatoms. The molecule has 144 valence electrons. The van der Waals surface area contributed by atoms with E-state index in [1.165, 1.54) is 30.6 Å². The number of hydrogen-bond acceptors (Lipinski definition) is 5. The molecule has 3 aromatic rings. The van der Waals surface area contributed by atoms with Crippen molar-refractivity contribution in [3.8, 4) is 17.0 Å². The number of anilines is 2. The number of rotatable bonds is 5. The lowest BCUT2D eigenvalue weighted by atomic mass is 10.1. The smallest absolute Gasteiger partial charge is 0.406 e. The molecule has 2 aromatic carbocycles. The van der Waals surface area contributed by atoms with E-state index in [0.29, 0.717) is 28.3 Å². The summed E-state index contributed by atoms with van der Waals surface area (Å²) in [4.78, 5) is 21.4. The fraction of sp³-hybridized carbons (Fsp3) is 0.105. The van der Waals surface area contributed by atoms with Gasteiger partial charge >= 0.3 is 6.36 Å². The summed E-state index contributed by atoms with van der Waals surface area (Å²) in [5.74, 6) is -0.343. The van der Waals surface area contributed by atoms with E-state index in [4.69, 9.17) is 5.73 Å². The van der Waals surface area contributed by atoms with E-state index in [2.05, 4.69) is 14.7 Å². The molecule has 0 unspecified atom stereocenters. The lowest BCUT2D eigenvalue weighted by molar-refractivity contribution is -0.274. The molecule has 6 nitrogen and oxygen atoms in total. The molecule has 1 amide bonds. The zero-order valence-corrected chi connectivity index (χ0v) is 14.6. The molecular formula is C19H15F3N4O2. The standard InChI is InChI=1S/C19H15F3N4O2/c1-26(14-5-7-15(8-6-14)28-19(20,21)22)17-10-16(24-11-25-17)12-3-2-4-13(9-12)18(23)27/h2-11H,1H3,(H2,23,27). The third-order valence-corrected chi connectivity index (χ3v) is 3.90. The SMILES string of the molecule is CN(c1ccc(OC(F)(F)F)cc1)c1cc(-c2cccc(C(N)=O)c2)ncn1. The molecule has 0 saturated carbocycles. The summed E-state index contributed by atoms with van der Waals surface area (Å²) in [6.45, 7) is 0. The van der Waals surface area contributed by atoms with Crippen LogP contribution in [0, 0.1) is 0 Å². The molecule has 2 N–H and O–H groups in total. The normalized spacial score (nSPS) is 11.1. The summed E-state index contributed by atoms with van der Waals surface area (Å²) in [5, 5.41) is 0. The van der Waals surface area contributed by atoms with Crippen LogP contribution in [0.4, 0.5) is 24.7 Å². The first-order valence-corrected chi connectivity index (χ1v) is 8.05. The van der Waals surface area contributed by atoms with Gasteiger partial charge in [0.2, 0.25) is 5.91 Å².